The molecule has 1 aliphatic heterocycles. The van der Waals surface area contributed by atoms with E-state index in [0.717, 1.165) is 29.1 Å². The number of hydrogen-bond donors (Lipinski definition) is 0. The van der Waals surface area contributed by atoms with Crippen molar-refractivity contribution >= 4 is 27.4 Å². The summed E-state index contributed by atoms with van der Waals surface area (Å²) in [5, 5.41) is 16.2. The number of fused-ring (bicyclic) bond motifs is 1. The van der Waals surface area contributed by atoms with E-state index in [-0.39, 0.29) is 0 Å². The maximum atomic E-state index is 8.82. The SMILES string of the molecule is N#Cc1cnn(C2CN(c3ncnc4sccc34)C2)c1. The van der Waals surface area contributed by atoms with Crippen LogP contribution in [0.5, 0.6) is 0 Å². The molecule has 0 radical (unpaired) electrons. The molecule has 0 N–H and O–H groups in total. The minimum Gasteiger partial charge on any atom is -0.352 e. The largest absolute Gasteiger partial charge is 0.352 e. The second-order valence-electron chi connectivity index (χ2n) is 4.72. The monoisotopic (exact) mass is 282 g/mol. The average molecular weight is 282 g/mol. The van der Waals surface area contributed by atoms with Gasteiger partial charge >= 0.3 is 0 Å². The quantitative estimate of drug-likeness (QED) is 0.717. The molecule has 3 aromatic heterocycles. The van der Waals surface area contributed by atoms with Crippen LogP contribution in [0.15, 0.2) is 30.2 Å². The minimum atomic E-state index is 0.306. The zero-order valence-corrected chi connectivity index (χ0v) is 11.3. The fourth-order valence-corrected chi connectivity index (χ4v) is 3.15. The fourth-order valence-electron chi connectivity index (χ4n) is 2.42. The van der Waals surface area contributed by atoms with Crippen LogP contribution < -0.4 is 4.90 Å². The van der Waals surface area contributed by atoms with Crippen LogP contribution >= 0.6 is 11.3 Å². The van der Waals surface area contributed by atoms with Gasteiger partial charge in [-0.3, -0.25) is 4.68 Å². The second kappa shape index (κ2) is 4.28. The highest BCUT2D eigenvalue weighted by Gasteiger charge is 2.31. The molecular formula is C13H10N6S. The second-order valence-corrected chi connectivity index (χ2v) is 5.61. The van der Waals surface area contributed by atoms with E-state index in [4.69, 9.17) is 5.26 Å². The van der Waals surface area contributed by atoms with Gasteiger partial charge < -0.3 is 4.90 Å². The molecule has 7 heteroatoms. The molecule has 0 aliphatic carbocycles. The Kier molecular flexibility index (Phi) is 2.44. The molecule has 0 atom stereocenters. The number of hydrogen-bond acceptors (Lipinski definition) is 6. The van der Waals surface area contributed by atoms with Gasteiger partial charge in [-0.2, -0.15) is 10.4 Å². The molecule has 0 bridgehead atoms. The third-order valence-electron chi connectivity index (χ3n) is 3.51. The van der Waals surface area contributed by atoms with E-state index in [1.807, 2.05) is 10.1 Å². The summed E-state index contributed by atoms with van der Waals surface area (Å²) in [5.41, 5.74) is 0.603. The van der Waals surface area contributed by atoms with Crippen LogP contribution in [0.1, 0.15) is 11.6 Å². The molecule has 0 aromatic carbocycles. The molecule has 4 rings (SSSR count). The standard InChI is InChI=1S/C13H10N6S/c14-3-9-4-17-19(5-9)10-6-18(7-10)12-11-1-2-20-13(11)16-8-15-12/h1-2,4-5,8,10H,6-7H2. The number of aromatic nitrogens is 4. The van der Waals surface area contributed by atoms with Gasteiger partial charge in [0.2, 0.25) is 0 Å². The number of nitriles is 1. The van der Waals surface area contributed by atoms with E-state index in [1.54, 1.807) is 30.1 Å². The molecule has 6 nitrogen and oxygen atoms in total. The van der Waals surface area contributed by atoms with Gasteiger partial charge in [0.25, 0.3) is 0 Å². The lowest BCUT2D eigenvalue weighted by molar-refractivity contribution is 0.366. The topological polar surface area (TPSA) is 70.6 Å². The first-order valence-corrected chi connectivity index (χ1v) is 7.10. The van der Waals surface area contributed by atoms with Crippen molar-refractivity contribution in [1.29, 1.82) is 5.26 Å². The highest BCUT2D eigenvalue weighted by Crippen LogP contribution is 2.32. The predicted octanol–water partition coefficient (Wildman–Crippen LogP) is 1.82. The number of rotatable bonds is 2. The highest BCUT2D eigenvalue weighted by molar-refractivity contribution is 7.16. The van der Waals surface area contributed by atoms with E-state index in [0.29, 0.717) is 11.6 Å². The van der Waals surface area contributed by atoms with Gasteiger partial charge in [0.05, 0.1) is 23.2 Å². The van der Waals surface area contributed by atoms with Crippen molar-refractivity contribution in [2.75, 3.05) is 18.0 Å². The Balaban J connectivity index is 1.56. The predicted molar refractivity (Wildman–Crippen MR) is 75.6 cm³/mol. The average Bonchev–Trinajstić information content (AvgIpc) is 3.05. The molecule has 0 saturated carbocycles. The van der Waals surface area contributed by atoms with Gasteiger partial charge in [-0.15, -0.1) is 11.3 Å². The highest BCUT2D eigenvalue weighted by atomic mass is 32.1. The summed E-state index contributed by atoms with van der Waals surface area (Å²) in [6, 6.07) is 4.46. The third kappa shape index (κ3) is 1.66. The van der Waals surface area contributed by atoms with Crippen molar-refractivity contribution in [3.05, 3.63) is 35.7 Å². The Hall–Kier alpha value is -2.46. The molecule has 1 saturated heterocycles. The zero-order valence-electron chi connectivity index (χ0n) is 10.5. The van der Waals surface area contributed by atoms with Crippen molar-refractivity contribution in [1.82, 2.24) is 19.7 Å². The molecule has 0 unspecified atom stereocenters. The van der Waals surface area contributed by atoms with Gasteiger partial charge in [-0.1, -0.05) is 0 Å². The van der Waals surface area contributed by atoms with Crippen LogP contribution in [0.25, 0.3) is 10.2 Å². The number of anilines is 1. The zero-order chi connectivity index (χ0) is 13.5. The van der Waals surface area contributed by atoms with Crippen molar-refractivity contribution in [2.45, 2.75) is 6.04 Å². The lowest BCUT2D eigenvalue weighted by atomic mass is 10.1. The van der Waals surface area contributed by atoms with Gasteiger partial charge in [0.1, 0.15) is 23.0 Å². The molecule has 1 fully saturated rings. The van der Waals surface area contributed by atoms with Crippen LogP contribution in [0.2, 0.25) is 0 Å². The molecule has 0 amide bonds. The normalized spacial score (nSPS) is 15.2. The van der Waals surface area contributed by atoms with E-state index in [2.05, 4.69) is 32.1 Å². The summed E-state index contributed by atoms with van der Waals surface area (Å²) in [7, 11) is 0. The number of thiophene rings is 1. The van der Waals surface area contributed by atoms with Crippen molar-refractivity contribution < 1.29 is 0 Å². The molecule has 98 valence electrons. The molecular weight excluding hydrogens is 272 g/mol. The lowest BCUT2D eigenvalue weighted by Crippen LogP contribution is -2.48. The summed E-state index contributed by atoms with van der Waals surface area (Å²) in [6.45, 7) is 1.71. The van der Waals surface area contributed by atoms with Gasteiger partial charge in [-0.25, -0.2) is 9.97 Å². The minimum absolute atomic E-state index is 0.306. The van der Waals surface area contributed by atoms with Gasteiger partial charge in [-0.05, 0) is 11.4 Å². The Morgan fingerprint density at radius 2 is 2.25 bits per heavy atom. The van der Waals surface area contributed by atoms with Crippen molar-refractivity contribution in [3.63, 3.8) is 0 Å². The molecule has 1 aliphatic rings. The van der Waals surface area contributed by atoms with E-state index in [1.165, 1.54) is 0 Å². The lowest BCUT2D eigenvalue weighted by Gasteiger charge is -2.40. The summed E-state index contributed by atoms with van der Waals surface area (Å²) >= 11 is 1.63. The summed E-state index contributed by atoms with van der Waals surface area (Å²) in [5.74, 6) is 0.986. The Morgan fingerprint density at radius 3 is 3.05 bits per heavy atom. The Bertz CT molecular complexity index is 807. The summed E-state index contributed by atoms with van der Waals surface area (Å²) in [4.78, 5) is 11.9. The van der Waals surface area contributed by atoms with E-state index < -0.39 is 0 Å². The summed E-state index contributed by atoms with van der Waals surface area (Å²) in [6.07, 6.45) is 5.01. The Morgan fingerprint density at radius 1 is 1.35 bits per heavy atom. The summed E-state index contributed by atoms with van der Waals surface area (Å²) < 4.78 is 1.86. The Labute approximate surface area is 118 Å². The van der Waals surface area contributed by atoms with Crippen LogP contribution in [-0.4, -0.2) is 32.8 Å². The van der Waals surface area contributed by atoms with Crippen LogP contribution in [-0.2, 0) is 0 Å². The van der Waals surface area contributed by atoms with Crippen LogP contribution in [0.3, 0.4) is 0 Å². The smallest absolute Gasteiger partial charge is 0.140 e. The maximum Gasteiger partial charge on any atom is 0.140 e. The van der Waals surface area contributed by atoms with E-state index in [9.17, 15) is 0 Å². The van der Waals surface area contributed by atoms with Crippen molar-refractivity contribution in [2.24, 2.45) is 0 Å². The van der Waals surface area contributed by atoms with E-state index >= 15 is 0 Å². The van der Waals surface area contributed by atoms with Crippen molar-refractivity contribution in [3.8, 4) is 6.07 Å². The van der Waals surface area contributed by atoms with Crippen LogP contribution in [0, 0.1) is 11.3 Å². The first kappa shape index (κ1) is 11.4. The molecule has 0 spiro atoms. The fraction of sp³-hybridized carbons (Fsp3) is 0.231. The number of nitrogens with zero attached hydrogens (tertiary/aromatic N) is 6. The maximum absolute atomic E-state index is 8.82. The molecule has 4 heterocycles. The molecule has 20 heavy (non-hydrogen) atoms. The van der Waals surface area contributed by atoms with Gasteiger partial charge in [0.15, 0.2) is 0 Å². The first-order valence-electron chi connectivity index (χ1n) is 6.22. The third-order valence-corrected chi connectivity index (χ3v) is 4.33. The first-order chi connectivity index (χ1) is 9.85. The van der Waals surface area contributed by atoms with Crippen LogP contribution in [0.4, 0.5) is 5.82 Å². The van der Waals surface area contributed by atoms with Gasteiger partial charge in [0, 0.05) is 19.3 Å². The molecule has 3 aromatic rings.